The lowest BCUT2D eigenvalue weighted by molar-refractivity contribution is -0.142. The first-order valence-corrected chi connectivity index (χ1v) is 8.01. The molecular formula is C13H20N2O4S. The molecule has 0 aliphatic heterocycles. The van der Waals surface area contributed by atoms with Gasteiger partial charge in [0.15, 0.2) is 0 Å². The number of anilines is 1. The predicted molar refractivity (Wildman–Crippen MR) is 77.4 cm³/mol. The van der Waals surface area contributed by atoms with Gasteiger partial charge in [0.2, 0.25) is 10.0 Å². The van der Waals surface area contributed by atoms with E-state index in [1.165, 1.54) is 0 Å². The molecule has 0 fully saturated rings. The maximum atomic E-state index is 11.9. The third-order valence-corrected chi connectivity index (χ3v) is 4.15. The number of rotatable bonds is 7. The number of esters is 1. The Morgan fingerprint density at radius 1 is 1.40 bits per heavy atom. The molecule has 112 valence electrons. The molecule has 1 aromatic carbocycles. The Kier molecular flexibility index (Phi) is 5.97. The highest BCUT2D eigenvalue weighted by Crippen LogP contribution is 2.20. The first-order chi connectivity index (χ1) is 9.35. The summed E-state index contributed by atoms with van der Waals surface area (Å²) in [4.78, 5) is 11.2. The minimum absolute atomic E-state index is 0.167. The highest BCUT2D eigenvalue weighted by atomic mass is 32.2. The van der Waals surface area contributed by atoms with E-state index >= 15 is 0 Å². The molecule has 0 aliphatic rings. The predicted octanol–water partition coefficient (Wildman–Crippen LogP) is 1.20. The number of carbonyl (C=O) groups is 1. The second-order valence-corrected chi connectivity index (χ2v) is 6.22. The van der Waals surface area contributed by atoms with Crippen molar-refractivity contribution in [2.45, 2.75) is 26.3 Å². The van der Waals surface area contributed by atoms with Gasteiger partial charge in [0, 0.05) is 11.7 Å². The van der Waals surface area contributed by atoms with Gasteiger partial charge in [-0.3, -0.25) is 4.79 Å². The van der Waals surface area contributed by atoms with Crippen LogP contribution in [0.5, 0.6) is 0 Å². The highest BCUT2D eigenvalue weighted by Gasteiger charge is 2.18. The Hall–Kier alpha value is -1.60. The molecule has 3 N–H and O–H groups in total. The Balaban J connectivity index is 2.62. The van der Waals surface area contributed by atoms with Crippen LogP contribution < -0.4 is 10.5 Å². The van der Waals surface area contributed by atoms with Crippen LogP contribution in [-0.2, 0) is 19.6 Å². The lowest BCUT2D eigenvalue weighted by atomic mass is 10.1. The van der Waals surface area contributed by atoms with Crippen LogP contribution in [0.3, 0.4) is 0 Å². The van der Waals surface area contributed by atoms with Gasteiger partial charge in [-0.15, -0.1) is 0 Å². The molecule has 0 radical (unpaired) electrons. The van der Waals surface area contributed by atoms with Crippen molar-refractivity contribution in [1.82, 2.24) is 4.72 Å². The van der Waals surface area contributed by atoms with Crippen LogP contribution in [0.25, 0.3) is 0 Å². The van der Waals surface area contributed by atoms with Gasteiger partial charge in [0.1, 0.15) is 0 Å². The third kappa shape index (κ3) is 5.18. The van der Waals surface area contributed by atoms with Crippen LogP contribution in [0.1, 0.15) is 31.9 Å². The van der Waals surface area contributed by atoms with Crippen molar-refractivity contribution in [3.8, 4) is 0 Å². The molecule has 6 nitrogen and oxygen atoms in total. The van der Waals surface area contributed by atoms with Crippen molar-refractivity contribution in [2.75, 3.05) is 18.1 Å². The SMILES string of the molecule is CCOC(=O)CCS(=O)(=O)NC(C)c1ccccc1N. The van der Waals surface area contributed by atoms with Crippen LogP contribution in [0.2, 0.25) is 0 Å². The van der Waals surface area contributed by atoms with Crippen LogP contribution in [0.15, 0.2) is 24.3 Å². The molecular weight excluding hydrogens is 280 g/mol. The molecule has 0 saturated carbocycles. The van der Waals surface area contributed by atoms with E-state index in [0.717, 1.165) is 0 Å². The molecule has 0 saturated heterocycles. The molecule has 1 rings (SSSR count). The van der Waals surface area contributed by atoms with Crippen molar-refractivity contribution >= 4 is 21.7 Å². The molecule has 1 atom stereocenters. The van der Waals surface area contributed by atoms with Crippen molar-refractivity contribution in [1.29, 1.82) is 0 Å². The Bertz CT molecular complexity index is 557. The summed E-state index contributed by atoms with van der Waals surface area (Å²) in [6.45, 7) is 3.61. The highest BCUT2D eigenvalue weighted by molar-refractivity contribution is 7.89. The number of nitrogen functional groups attached to an aromatic ring is 1. The quantitative estimate of drug-likeness (QED) is 0.582. The van der Waals surface area contributed by atoms with Gasteiger partial charge in [-0.25, -0.2) is 13.1 Å². The van der Waals surface area contributed by atoms with Crippen molar-refractivity contribution in [3.63, 3.8) is 0 Å². The average molecular weight is 300 g/mol. The van der Waals surface area contributed by atoms with Gasteiger partial charge in [-0.2, -0.15) is 0 Å². The molecule has 1 aromatic rings. The Morgan fingerprint density at radius 2 is 2.05 bits per heavy atom. The van der Waals surface area contributed by atoms with Crippen LogP contribution in [-0.4, -0.2) is 26.7 Å². The monoisotopic (exact) mass is 300 g/mol. The van der Waals surface area contributed by atoms with Crippen molar-refractivity contribution in [2.24, 2.45) is 0 Å². The molecule has 0 aromatic heterocycles. The summed E-state index contributed by atoms with van der Waals surface area (Å²) in [6, 6.07) is 6.58. The fourth-order valence-corrected chi connectivity index (χ4v) is 2.97. The van der Waals surface area contributed by atoms with E-state index in [1.54, 1.807) is 38.1 Å². The summed E-state index contributed by atoms with van der Waals surface area (Å²) in [5.41, 5.74) is 7.02. The number of hydrogen-bond acceptors (Lipinski definition) is 5. The first kappa shape index (κ1) is 16.5. The Labute approximate surface area is 119 Å². The molecule has 7 heteroatoms. The number of carbonyl (C=O) groups excluding carboxylic acids is 1. The lowest BCUT2D eigenvalue weighted by Crippen LogP contribution is -2.30. The number of ether oxygens (including phenoxy) is 1. The standard InChI is InChI=1S/C13H20N2O4S/c1-3-19-13(16)8-9-20(17,18)15-10(2)11-6-4-5-7-12(11)14/h4-7,10,15H,3,8-9,14H2,1-2H3. The van der Waals surface area contributed by atoms with E-state index in [-0.39, 0.29) is 18.8 Å². The molecule has 1 unspecified atom stereocenters. The summed E-state index contributed by atoms with van der Waals surface area (Å²) in [7, 11) is -3.57. The van der Waals surface area contributed by atoms with E-state index in [2.05, 4.69) is 4.72 Å². The third-order valence-electron chi connectivity index (χ3n) is 2.70. The molecule has 0 spiro atoms. The van der Waals surface area contributed by atoms with Gasteiger partial charge >= 0.3 is 5.97 Å². The number of sulfonamides is 1. The number of hydrogen-bond donors (Lipinski definition) is 2. The van der Waals surface area contributed by atoms with Gasteiger partial charge < -0.3 is 10.5 Å². The molecule has 0 bridgehead atoms. The van der Waals surface area contributed by atoms with Crippen LogP contribution in [0.4, 0.5) is 5.69 Å². The summed E-state index contributed by atoms with van der Waals surface area (Å²) >= 11 is 0. The fraction of sp³-hybridized carbons (Fsp3) is 0.462. The maximum Gasteiger partial charge on any atom is 0.306 e. The second-order valence-electron chi connectivity index (χ2n) is 4.34. The molecule has 0 amide bonds. The summed E-state index contributed by atoms with van der Waals surface area (Å²) in [5.74, 6) is -0.826. The smallest absolute Gasteiger partial charge is 0.306 e. The van der Waals surface area contributed by atoms with Crippen molar-refractivity contribution < 1.29 is 17.9 Å². The number of benzene rings is 1. The summed E-state index contributed by atoms with van der Waals surface area (Å²) in [5, 5.41) is 0. The van der Waals surface area contributed by atoms with Crippen LogP contribution >= 0.6 is 0 Å². The van der Waals surface area contributed by atoms with Crippen LogP contribution in [0, 0.1) is 0 Å². The number of para-hydroxylation sites is 1. The topological polar surface area (TPSA) is 98.5 Å². The zero-order chi connectivity index (χ0) is 15.2. The Morgan fingerprint density at radius 3 is 2.65 bits per heavy atom. The van der Waals surface area contributed by atoms with Gasteiger partial charge in [0.25, 0.3) is 0 Å². The van der Waals surface area contributed by atoms with Crippen molar-refractivity contribution in [3.05, 3.63) is 29.8 Å². The van der Waals surface area contributed by atoms with Gasteiger partial charge in [-0.05, 0) is 25.5 Å². The van der Waals surface area contributed by atoms with E-state index in [4.69, 9.17) is 10.5 Å². The van der Waals surface area contributed by atoms with Gasteiger partial charge in [-0.1, -0.05) is 18.2 Å². The number of nitrogens with two attached hydrogens (primary N) is 1. The maximum absolute atomic E-state index is 11.9. The summed E-state index contributed by atoms with van der Waals surface area (Å²) < 4.78 is 30.9. The zero-order valence-corrected chi connectivity index (χ0v) is 12.4. The fourth-order valence-electron chi connectivity index (χ4n) is 1.75. The van der Waals surface area contributed by atoms with E-state index in [1.807, 2.05) is 0 Å². The normalized spacial score (nSPS) is 12.9. The average Bonchev–Trinajstić information content (AvgIpc) is 2.37. The van der Waals surface area contributed by atoms with E-state index in [9.17, 15) is 13.2 Å². The zero-order valence-electron chi connectivity index (χ0n) is 11.6. The second kappa shape index (κ2) is 7.25. The minimum Gasteiger partial charge on any atom is -0.466 e. The first-order valence-electron chi connectivity index (χ1n) is 6.35. The largest absolute Gasteiger partial charge is 0.466 e. The molecule has 20 heavy (non-hydrogen) atoms. The molecule has 0 heterocycles. The lowest BCUT2D eigenvalue weighted by Gasteiger charge is -2.16. The summed E-state index contributed by atoms with van der Waals surface area (Å²) in [6.07, 6.45) is -0.167. The minimum atomic E-state index is -3.57. The van der Waals surface area contributed by atoms with E-state index < -0.39 is 22.0 Å². The van der Waals surface area contributed by atoms with E-state index in [0.29, 0.717) is 11.3 Å². The van der Waals surface area contributed by atoms with Gasteiger partial charge in [0.05, 0.1) is 18.8 Å². The molecule has 0 aliphatic carbocycles. The number of nitrogens with one attached hydrogen (secondary N) is 1.